The van der Waals surface area contributed by atoms with Crippen molar-refractivity contribution in [3.63, 3.8) is 0 Å². The van der Waals surface area contributed by atoms with Gasteiger partial charge in [0.05, 0.1) is 39.3 Å². The number of aromatic carboxylic acids is 2. The second-order valence-electron chi connectivity index (χ2n) is 10.3. The minimum Gasteiger partial charge on any atom is -0.872 e. The second-order valence-corrected chi connectivity index (χ2v) is 10.3. The standard InChI is InChI=1S/C23H16O6.2C4H11N5/c24-20-16(14-7-3-1-5-12(14)9-18(20)22(26)27)11-17-15-8-4-2-6-13(15)10-19(21(17)25)23(28)29;2*1-9(2)4(7)8-3(5)6/h1-10,24-25H,11H2,(H,26,27)(H,28,29);2*1-2H3,(H5,5,6,7,8). The van der Waals surface area contributed by atoms with Gasteiger partial charge in [-0.05, 0) is 61.2 Å². The maximum atomic E-state index is 12.9. The zero-order chi connectivity index (χ0) is 35.6. The molecule has 0 saturated heterocycles. The van der Waals surface area contributed by atoms with Crippen molar-refractivity contribution in [2.24, 2.45) is 44.4 Å². The van der Waals surface area contributed by atoms with Crippen molar-refractivity contribution in [1.29, 1.82) is 0 Å². The number of hydrogen-bond acceptors (Lipinski definition) is 4. The molecular formula is C31H38N10O6. The van der Waals surface area contributed by atoms with E-state index >= 15 is 0 Å². The van der Waals surface area contributed by atoms with Gasteiger partial charge in [0.15, 0.2) is 0 Å². The normalized spacial score (nSPS) is 9.96. The summed E-state index contributed by atoms with van der Waals surface area (Å²) < 4.78 is 3.22. The number of nitrogens with zero attached hydrogens (tertiary/aromatic N) is 4. The first-order valence-corrected chi connectivity index (χ1v) is 13.6. The lowest BCUT2D eigenvalue weighted by atomic mass is 9.90. The summed E-state index contributed by atoms with van der Waals surface area (Å²) in [6.45, 7) is 0. The lowest BCUT2D eigenvalue weighted by molar-refractivity contribution is -0.466. The topological polar surface area (TPSA) is 308 Å². The quantitative estimate of drug-likeness (QED) is 0.0738. The number of carbonyl (C=O) groups is 2. The van der Waals surface area contributed by atoms with Gasteiger partial charge in [0, 0.05) is 0 Å². The molecule has 0 saturated carbocycles. The molecule has 0 bridgehead atoms. The number of benzene rings is 4. The highest BCUT2D eigenvalue weighted by atomic mass is 16.4. The van der Waals surface area contributed by atoms with Crippen LogP contribution in [0.25, 0.3) is 21.5 Å². The molecular weight excluding hydrogens is 608 g/mol. The zero-order valence-electron chi connectivity index (χ0n) is 26.3. The molecule has 0 aromatic heterocycles. The summed E-state index contributed by atoms with van der Waals surface area (Å²) in [5.74, 6) is -3.52. The van der Waals surface area contributed by atoms with Crippen LogP contribution in [-0.4, -0.2) is 83.3 Å². The van der Waals surface area contributed by atoms with Gasteiger partial charge in [-0.25, -0.2) is 9.59 Å². The molecule has 248 valence electrons. The monoisotopic (exact) mass is 646 g/mol. The molecule has 0 fully saturated rings. The van der Waals surface area contributed by atoms with Crippen LogP contribution in [0.15, 0.2) is 70.6 Å². The largest absolute Gasteiger partial charge is 0.872 e. The Kier molecular flexibility index (Phi) is 12.4. The number of nitrogens with two attached hydrogens (primary N) is 6. The fraction of sp³-hybridized carbons (Fsp3) is 0.161. The van der Waals surface area contributed by atoms with Crippen molar-refractivity contribution in [1.82, 2.24) is 0 Å². The van der Waals surface area contributed by atoms with Crippen molar-refractivity contribution >= 4 is 57.3 Å². The number of hydrogen-bond donors (Lipinski definition) is 8. The number of guanidine groups is 4. The zero-order valence-corrected chi connectivity index (χ0v) is 26.3. The third-order valence-electron chi connectivity index (χ3n) is 6.43. The number of carboxylic acids is 2. The lowest BCUT2D eigenvalue weighted by Gasteiger charge is -2.24. The van der Waals surface area contributed by atoms with Gasteiger partial charge in [-0.3, -0.25) is 20.6 Å². The maximum absolute atomic E-state index is 12.9. The SMILES string of the molecule is C[N+](C)=C(N)N=C(N)N.C[N+](C)=C(N)N=C(N)N.O=C(O)c1cc2ccccc2c(Cc2c([O-])c(C(=O)O)cc3ccccc23)c1[O-]. The maximum Gasteiger partial charge on any atom is 0.387 e. The van der Waals surface area contributed by atoms with Crippen molar-refractivity contribution in [2.75, 3.05) is 28.2 Å². The molecule has 4 aromatic rings. The van der Waals surface area contributed by atoms with E-state index in [9.17, 15) is 30.0 Å². The van der Waals surface area contributed by atoms with E-state index in [0.29, 0.717) is 33.5 Å². The van der Waals surface area contributed by atoms with Gasteiger partial charge >= 0.3 is 23.9 Å². The molecule has 4 rings (SSSR count). The molecule has 0 aliphatic rings. The fourth-order valence-electron chi connectivity index (χ4n) is 4.12. The summed E-state index contributed by atoms with van der Waals surface area (Å²) in [7, 11) is 7.01. The summed E-state index contributed by atoms with van der Waals surface area (Å²) >= 11 is 0. The molecule has 0 spiro atoms. The summed E-state index contributed by atoms with van der Waals surface area (Å²) in [5, 5.41) is 46.8. The van der Waals surface area contributed by atoms with Crippen LogP contribution in [0.5, 0.6) is 11.5 Å². The predicted octanol–water partition coefficient (Wildman–Crippen LogP) is -1.18. The van der Waals surface area contributed by atoms with E-state index in [0.717, 1.165) is 0 Å². The van der Waals surface area contributed by atoms with Crippen LogP contribution < -0.4 is 44.6 Å². The molecule has 14 N–H and O–H groups in total. The molecule has 0 heterocycles. The van der Waals surface area contributed by atoms with E-state index in [-0.39, 0.29) is 40.6 Å². The Bertz CT molecular complexity index is 1800. The molecule has 0 aliphatic carbocycles. The third-order valence-corrected chi connectivity index (χ3v) is 6.43. The smallest absolute Gasteiger partial charge is 0.387 e. The Labute approximate surface area is 269 Å². The molecule has 47 heavy (non-hydrogen) atoms. The van der Waals surface area contributed by atoms with Gasteiger partial charge in [-0.15, -0.1) is 0 Å². The van der Waals surface area contributed by atoms with Crippen LogP contribution in [0.3, 0.4) is 0 Å². The molecule has 16 nitrogen and oxygen atoms in total. The van der Waals surface area contributed by atoms with Crippen LogP contribution >= 0.6 is 0 Å². The molecule has 4 aromatic carbocycles. The number of rotatable bonds is 4. The summed E-state index contributed by atoms with van der Waals surface area (Å²) in [4.78, 5) is 30.2. The Morgan fingerprint density at radius 1 is 0.638 bits per heavy atom. The summed E-state index contributed by atoms with van der Waals surface area (Å²) in [5.41, 5.74) is 30.3. The van der Waals surface area contributed by atoms with Gasteiger partial charge in [0.2, 0.25) is 0 Å². The first-order valence-electron chi connectivity index (χ1n) is 13.6. The molecule has 0 unspecified atom stereocenters. The van der Waals surface area contributed by atoms with E-state index in [1.54, 1.807) is 85.9 Å². The van der Waals surface area contributed by atoms with Crippen LogP contribution in [-0.2, 0) is 6.42 Å². The number of carboxylic acid groups (broad SMARTS) is 2. The van der Waals surface area contributed by atoms with E-state index in [2.05, 4.69) is 9.98 Å². The van der Waals surface area contributed by atoms with E-state index in [1.165, 1.54) is 12.1 Å². The van der Waals surface area contributed by atoms with E-state index < -0.39 is 23.4 Å². The van der Waals surface area contributed by atoms with Crippen LogP contribution in [0, 0.1) is 0 Å². The highest BCUT2D eigenvalue weighted by Crippen LogP contribution is 2.36. The minimum absolute atomic E-state index is 0.0267. The average molecular weight is 647 g/mol. The highest BCUT2D eigenvalue weighted by molar-refractivity contribution is 6.02. The van der Waals surface area contributed by atoms with Gasteiger partial charge in [-0.2, -0.15) is 0 Å². The van der Waals surface area contributed by atoms with Crippen molar-refractivity contribution in [3.05, 3.63) is 82.9 Å². The Hall–Kier alpha value is -6.58. The van der Waals surface area contributed by atoms with Gasteiger partial charge in [0.1, 0.15) is 0 Å². The molecule has 16 heteroatoms. The van der Waals surface area contributed by atoms with Gasteiger partial charge < -0.3 is 43.4 Å². The Balaban J connectivity index is 0.000000352. The number of aliphatic imine (C=N–C) groups is 2. The van der Waals surface area contributed by atoms with Crippen LogP contribution in [0.4, 0.5) is 0 Å². The van der Waals surface area contributed by atoms with Crippen LogP contribution in [0.2, 0.25) is 0 Å². The average Bonchev–Trinajstić information content (AvgIpc) is 2.98. The first-order chi connectivity index (χ1) is 22.0. The van der Waals surface area contributed by atoms with Crippen molar-refractivity contribution in [3.8, 4) is 11.5 Å². The third kappa shape index (κ3) is 9.70. The predicted molar refractivity (Wildman–Crippen MR) is 178 cm³/mol. The van der Waals surface area contributed by atoms with E-state index in [4.69, 9.17) is 34.4 Å². The van der Waals surface area contributed by atoms with Crippen molar-refractivity contribution in [2.45, 2.75) is 6.42 Å². The van der Waals surface area contributed by atoms with Gasteiger partial charge in [0.25, 0.3) is 11.9 Å². The lowest BCUT2D eigenvalue weighted by Crippen LogP contribution is -2.29. The number of fused-ring (bicyclic) bond motifs is 2. The molecule has 0 atom stereocenters. The Morgan fingerprint density at radius 3 is 1.21 bits per heavy atom. The van der Waals surface area contributed by atoms with E-state index in [1.807, 2.05) is 0 Å². The summed E-state index contributed by atoms with van der Waals surface area (Å²) in [6, 6.07) is 16.3. The molecule has 0 aliphatic heterocycles. The van der Waals surface area contributed by atoms with Crippen LogP contribution in [0.1, 0.15) is 31.8 Å². The molecule has 0 amide bonds. The highest BCUT2D eigenvalue weighted by Gasteiger charge is 2.16. The first kappa shape index (κ1) is 36.6. The summed E-state index contributed by atoms with van der Waals surface area (Å²) in [6.07, 6.45) is -0.166. The van der Waals surface area contributed by atoms with Gasteiger partial charge in [-0.1, -0.05) is 60.0 Å². The minimum atomic E-state index is -1.35. The Morgan fingerprint density at radius 2 is 0.957 bits per heavy atom. The molecule has 0 radical (unpaired) electrons. The second kappa shape index (κ2) is 15.9. The fourth-order valence-corrected chi connectivity index (χ4v) is 4.12. The van der Waals surface area contributed by atoms with Crippen molar-refractivity contribution < 1.29 is 39.2 Å².